The molecule has 4 aliphatic rings. The third-order valence-electron chi connectivity index (χ3n) is 7.22. The lowest BCUT2D eigenvalue weighted by Gasteiger charge is -2.42. The first-order valence-electron chi connectivity index (χ1n) is 11.3. The minimum atomic E-state index is -0.488. The second-order valence-electron chi connectivity index (χ2n) is 9.14. The van der Waals surface area contributed by atoms with E-state index in [4.69, 9.17) is 4.99 Å². The number of benzene rings is 1. The minimum absolute atomic E-state index is 0.250. The van der Waals surface area contributed by atoms with Gasteiger partial charge in [0.2, 0.25) is 5.96 Å². The SMILES string of the molecule is C=C1NC(N2CCC3(CC2)CN(CCC)c2cc(F)cc(F)c23)=NC2=C1CCCC2. The molecule has 0 atom stereocenters. The molecule has 1 saturated heterocycles. The third-order valence-corrected chi connectivity index (χ3v) is 7.22. The number of hydrogen-bond acceptors (Lipinski definition) is 4. The number of aliphatic imine (C=N–C) groups is 1. The molecule has 1 aromatic rings. The Morgan fingerprint density at radius 3 is 2.70 bits per heavy atom. The first-order valence-corrected chi connectivity index (χ1v) is 11.3. The summed E-state index contributed by atoms with van der Waals surface area (Å²) in [5, 5.41) is 3.42. The van der Waals surface area contributed by atoms with E-state index in [0.29, 0.717) is 0 Å². The molecule has 0 saturated carbocycles. The summed E-state index contributed by atoms with van der Waals surface area (Å²) in [6.45, 7) is 9.54. The van der Waals surface area contributed by atoms with Crippen LogP contribution in [0.3, 0.4) is 0 Å². The second kappa shape index (κ2) is 7.40. The van der Waals surface area contributed by atoms with Gasteiger partial charge in [0.15, 0.2) is 0 Å². The fraction of sp³-hybridized carbons (Fsp3) is 0.542. The van der Waals surface area contributed by atoms with Gasteiger partial charge in [-0.3, -0.25) is 0 Å². The molecule has 1 N–H and O–H groups in total. The number of anilines is 1. The average Bonchev–Trinajstić information content (AvgIpc) is 3.02. The quantitative estimate of drug-likeness (QED) is 0.755. The highest BCUT2D eigenvalue weighted by Gasteiger charge is 2.47. The molecule has 0 amide bonds. The van der Waals surface area contributed by atoms with Gasteiger partial charge in [0, 0.05) is 60.3 Å². The molecule has 6 heteroatoms. The van der Waals surface area contributed by atoms with Crippen LogP contribution >= 0.6 is 0 Å². The van der Waals surface area contributed by atoms with E-state index in [0.717, 1.165) is 87.3 Å². The molecule has 30 heavy (non-hydrogen) atoms. The Kier molecular flexibility index (Phi) is 4.83. The first kappa shape index (κ1) is 19.6. The van der Waals surface area contributed by atoms with Crippen LogP contribution in [-0.4, -0.2) is 37.0 Å². The fourth-order valence-electron chi connectivity index (χ4n) is 5.74. The summed E-state index contributed by atoms with van der Waals surface area (Å²) in [5.74, 6) is 0.00644. The highest BCUT2D eigenvalue weighted by Crippen LogP contribution is 2.48. The van der Waals surface area contributed by atoms with E-state index < -0.39 is 11.6 Å². The number of piperidine rings is 1. The second-order valence-corrected chi connectivity index (χ2v) is 9.14. The van der Waals surface area contributed by atoms with Gasteiger partial charge in [-0.25, -0.2) is 13.8 Å². The molecule has 3 heterocycles. The van der Waals surface area contributed by atoms with Gasteiger partial charge < -0.3 is 15.1 Å². The maximum absolute atomic E-state index is 14.9. The number of allylic oxidation sites excluding steroid dienone is 2. The number of fused-ring (bicyclic) bond motifs is 2. The number of nitrogens with zero attached hydrogens (tertiary/aromatic N) is 3. The molecule has 1 fully saturated rings. The van der Waals surface area contributed by atoms with Crippen molar-refractivity contribution in [2.45, 2.75) is 57.3 Å². The molecule has 5 rings (SSSR count). The van der Waals surface area contributed by atoms with Crippen molar-refractivity contribution in [3.05, 3.63) is 52.9 Å². The Hall–Kier alpha value is -2.37. The molecule has 1 aliphatic carbocycles. The van der Waals surface area contributed by atoms with Crippen molar-refractivity contribution in [1.82, 2.24) is 10.2 Å². The van der Waals surface area contributed by atoms with Gasteiger partial charge in [-0.1, -0.05) is 13.5 Å². The fourth-order valence-corrected chi connectivity index (χ4v) is 5.74. The van der Waals surface area contributed by atoms with E-state index in [1.54, 1.807) is 0 Å². The largest absolute Gasteiger partial charge is 0.370 e. The van der Waals surface area contributed by atoms with Gasteiger partial charge in [0.1, 0.15) is 11.6 Å². The number of rotatable bonds is 2. The van der Waals surface area contributed by atoms with E-state index in [2.05, 4.69) is 28.6 Å². The van der Waals surface area contributed by atoms with Crippen molar-refractivity contribution in [1.29, 1.82) is 0 Å². The number of guanidine groups is 1. The Morgan fingerprint density at radius 2 is 1.93 bits per heavy atom. The number of nitrogens with one attached hydrogen (secondary N) is 1. The lowest BCUT2D eigenvalue weighted by Crippen LogP contribution is -2.51. The Labute approximate surface area is 177 Å². The van der Waals surface area contributed by atoms with Gasteiger partial charge in [0.05, 0.1) is 0 Å². The number of hydrogen-bond donors (Lipinski definition) is 1. The topological polar surface area (TPSA) is 30.9 Å². The van der Waals surface area contributed by atoms with Crippen molar-refractivity contribution in [2.75, 3.05) is 31.1 Å². The molecule has 0 aromatic heterocycles. The predicted octanol–water partition coefficient (Wildman–Crippen LogP) is 4.83. The Bertz CT molecular complexity index is 941. The number of halogens is 2. The monoisotopic (exact) mass is 412 g/mol. The van der Waals surface area contributed by atoms with Crippen molar-refractivity contribution >= 4 is 11.6 Å². The molecule has 0 unspecified atom stereocenters. The highest BCUT2D eigenvalue weighted by molar-refractivity contribution is 5.85. The summed E-state index contributed by atoms with van der Waals surface area (Å²) in [4.78, 5) is 9.38. The molecule has 0 radical (unpaired) electrons. The van der Waals surface area contributed by atoms with Crippen molar-refractivity contribution in [2.24, 2.45) is 4.99 Å². The zero-order valence-electron chi connectivity index (χ0n) is 17.7. The maximum Gasteiger partial charge on any atom is 0.203 e. The zero-order valence-corrected chi connectivity index (χ0v) is 17.7. The summed E-state index contributed by atoms with van der Waals surface area (Å²) in [5.41, 5.74) is 4.67. The zero-order chi connectivity index (χ0) is 20.9. The standard InChI is InChI=1S/C24H30F2N4/c1-3-10-30-15-24(22-19(26)13-17(25)14-21(22)30)8-11-29(12-9-24)23-27-16(2)18-6-4-5-7-20(18)28-23/h13-14H,2-12,15H2,1H3,(H,27,28). The van der Waals surface area contributed by atoms with Crippen LogP contribution < -0.4 is 10.2 Å². The van der Waals surface area contributed by atoms with Crippen LogP contribution in [0.5, 0.6) is 0 Å². The molecular formula is C24H30F2N4. The Morgan fingerprint density at radius 1 is 1.17 bits per heavy atom. The van der Waals surface area contributed by atoms with Gasteiger partial charge in [-0.2, -0.15) is 0 Å². The lowest BCUT2D eigenvalue weighted by atomic mass is 9.74. The summed E-state index contributed by atoms with van der Waals surface area (Å²) >= 11 is 0. The smallest absolute Gasteiger partial charge is 0.203 e. The van der Waals surface area contributed by atoms with E-state index in [-0.39, 0.29) is 5.41 Å². The molecule has 160 valence electrons. The van der Waals surface area contributed by atoms with E-state index >= 15 is 0 Å². The molecule has 3 aliphatic heterocycles. The van der Waals surface area contributed by atoms with Gasteiger partial charge in [-0.15, -0.1) is 0 Å². The molecule has 1 spiro atoms. The molecule has 0 bridgehead atoms. The van der Waals surface area contributed by atoms with E-state index in [9.17, 15) is 8.78 Å². The van der Waals surface area contributed by atoms with Crippen LogP contribution in [0.1, 0.15) is 57.4 Å². The van der Waals surface area contributed by atoms with Crippen molar-refractivity contribution in [3.63, 3.8) is 0 Å². The van der Waals surface area contributed by atoms with Crippen LogP contribution in [0, 0.1) is 11.6 Å². The van der Waals surface area contributed by atoms with Crippen LogP contribution in [0.15, 0.2) is 40.7 Å². The predicted molar refractivity (Wildman–Crippen MR) is 117 cm³/mol. The summed E-state index contributed by atoms with van der Waals surface area (Å²) in [6, 6.07) is 2.57. The average molecular weight is 413 g/mol. The van der Waals surface area contributed by atoms with Gasteiger partial charge in [-0.05, 0) is 56.6 Å². The normalized spacial score (nSPS) is 22.8. The third kappa shape index (κ3) is 3.12. The van der Waals surface area contributed by atoms with Crippen LogP contribution in [0.25, 0.3) is 0 Å². The molecular weight excluding hydrogens is 382 g/mol. The van der Waals surface area contributed by atoms with Crippen LogP contribution in [0.2, 0.25) is 0 Å². The molecule has 4 nitrogen and oxygen atoms in total. The lowest BCUT2D eigenvalue weighted by molar-refractivity contribution is 0.228. The van der Waals surface area contributed by atoms with Crippen LogP contribution in [-0.2, 0) is 5.41 Å². The van der Waals surface area contributed by atoms with Crippen molar-refractivity contribution in [3.8, 4) is 0 Å². The summed E-state index contributed by atoms with van der Waals surface area (Å²) < 4.78 is 28.9. The van der Waals surface area contributed by atoms with Gasteiger partial charge in [0.25, 0.3) is 0 Å². The number of likely N-dealkylation sites (tertiary alicyclic amines) is 1. The molecule has 1 aromatic carbocycles. The van der Waals surface area contributed by atoms with E-state index in [1.165, 1.54) is 30.2 Å². The first-order chi connectivity index (χ1) is 14.5. The highest BCUT2D eigenvalue weighted by atomic mass is 19.1. The Balaban J connectivity index is 1.39. The summed E-state index contributed by atoms with van der Waals surface area (Å²) in [6.07, 6.45) is 7.10. The minimum Gasteiger partial charge on any atom is -0.370 e. The van der Waals surface area contributed by atoms with E-state index in [1.807, 2.05) is 0 Å². The van der Waals surface area contributed by atoms with Crippen molar-refractivity contribution < 1.29 is 8.78 Å². The van der Waals surface area contributed by atoms with Gasteiger partial charge >= 0.3 is 0 Å². The van der Waals surface area contributed by atoms with Crippen LogP contribution in [0.4, 0.5) is 14.5 Å². The maximum atomic E-state index is 14.9. The summed E-state index contributed by atoms with van der Waals surface area (Å²) in [7, 11) is 0.